The highest BCUT2D eigenvalue weighted by atomic mass is 32.2. The summed E-state index contributed by atoms with van der Waals surface area (Å²) < 4.78 is 13.5. The van der Waals surface area contributed by atoms with Gasteiger partial charge < -0.3 is 0 Å². The Morgan fingerprint density at radius 3 is 2.94 bits per heavy atom. The molecule has 1 amide bonds. The number of carbonyl (C=O) groups is 1. The van der Waals surface area contributed by atoms with E-state index in [-0.39, 0.29) is 11.7 Å². The van der Waals surface area contributed by atoms with E-state index in [0.717, 1.165) is 0 Å². The van der Waals surface area contributed by atoms with Crippen molar-refractivity contribution in [3.8, 4) is 0 Å². The zero-order chi connectivity index (χ0) is 13.1. The van der Waals surface area contributed by atoms with Crippen LogP contribution in [-0.4, -0.2) is 21.7 Å². The van der Waals surface area contributed by atoms with Gasteiger partial charge in [-0.2, -0.15) is 0 Å². The van der Waals surface area contributed by atoms with Crippen LogP contribution in [0.25, 0.3) is 6.08 Å². The van der Waals surface area contributed by atoms with E-state index in [1.54, 1.807) is 24.3 Å². The van der Waals surface area contributed by atoms with Crippen molar-refractivity contribution in [2.24, 2.45) is 0 Å². The fraction of sp³-hybridized carbons (Fsp3) is 0.0769. The van der Waals surface area contributed by atoms with Crippen molar-refractivity contribution in [2.75, 3.05) is 6.54 Å². The van der Waals surface area contributed by atoms with Crippen molar-refractivity contribution < 1.29 is 9.18 Å². The van der Waals surface area contributed by atoms with E-state index in [9.17, 15) is 9.18 Å². The van der Waals surface area contributed by atoms with E-state index in [2.05, 4.69) is 6.58 Å². The van der Waals surface area contributed by atoms with E-state index >= 15 is 0 Å². The number of nitrogens with zero attached hydrogens (tertiary/aromatic N) is 1. The van der Waals surface area contributed by atoms with E-state index < -0.39 is 0 Å². The fourth-order valence-corrected chi connectivity index (χ4v) is 2.81. The Bertz CT molecular complexity index is 554. The van der Waals surface area contributed by atoms with Gasteiger partial charge in [-0.1, -0.05) is 42.2 Å². The molecule has 1 aromatic carbocycles. The Labute approximate surface area is 114 Å². The molecule has 0 N–H and O–H groups in total. The maximum Gasteiger partial charge on any atom is 0.266 e. The molecule has 1 aliphatic heterocycles. The van der Waals surface area contributed by atoms with Crippen LogP contribution in [0.4, 0.5) is 4.39 Å². The minimum Gasteiger partial charge on any atom is -0.289 e. The van der Waals surface area contributed by atoms with Crippen molar-refractivity contribution in [2.45, 2.75) is 0 Å². The molecule has 1 aromatic rings. The number of thioether (sulfide) groups is 1. The van der Waals surface area contributed by atoms with Crippen LogP contribution < -0.4 is 0 Å². The monoisotopic (exact) mass is 279 g/mol. The summed E-state index contributed by atoms with van der Waals surface area (Å²) in [4.78, 5) is 14.0. The summed E-state index contributed by atoms with van der Waals surface area (Å²) in [5.41, 5.74) is 0.647. The van der Waals surface area contributed by atoms with Crippen molar-refractivity contribution in [3.63, 3.8) is 0 Å². The number of amides is 1. The molecule has 0 bridgehead atoms. The number of thiocarbonyl (C=S) groups is 1. The van der Waals surface area contributed by atoms with Gasteiger partial charge in [0.1, 0.15) is 10.1 Å². The van der Waals surface area contributed by atoms with Crippen LogP contribution in [0.2, 0.25) is 0 Å². The largest absolute Gasteiger partial charge is 0.289 e. The maximum atomic E-state index is 13.0. The summed E-state index contributed by atoms with van der Waals surface area (Å²) in [7, 11) is 0. The van der Waals surface area contributed by atoms with Crippen LogP contribution in [-0.2, 0) is 4.79 Å². The van der Waals surface area contributed by atoms with Gasteiger partial charge in [0.15, 0.2) is 0 Å². The summed E-state index contributed by atoms with van der Waals surface area (Å²) in [6.07, 6.45) is 3.27. The molecular weight excluding hydrogens is 269 g/mol. The second kappa shape index (κ2) is 5.46. The fourth-order valence-electron chi connectivity index (χ4n) is 1.53. The SMILES string of the molecule is C=CCN1C(=O)/C(=C\c2cccc(F)c2)SC1=S. The average Bonchev–Trinajstić information content (AvgIpc) is 2.57. The highest BCUT2D eigenvalue weighted by molar-refractivity contribution is 8.26. The molecule has 5 heteroatoms. The van der Waals surface area contributed by atoms with Gasteiger partial charge in [0.2, 0.25) is 0 Å². The molecule has 1 heterocycles. The number of hydrogen-bond donors (Lipinski definition) is 0. The van der Waals surface area contributed by atoms with Crippen LogP contribution in [0.3, 0.4) is 0 Å². The molecular formula is C13H10FNOS2. The van der Waals surface area contributed by atoms with Gasteiger partial charge in [-0.3, -0.25) is 9.69 Å². The van der Waals surface area contributed by atoms with Crippen LogP contribution in [0, 0.1) is 5.82 Å². The van der Waals surface area contributed by atoms with Crippen molar-refractivity contribution in [1.29, 1.82) is 0 Å². The normalized spacial score (nSPS) is 17.6. The van der Waals surface area contributed by atoms with E-state index in [4.69, 9.17) is 12.2 Å². The smallest absolute Gasteiger partial charge is 0.266 e. The Kier molecular flexibility index (Phi) is 3.93. The molecule has 0 aromatic heterocycles. The van der Waals surface area contributed by atoms with Gasteiger partial charge in [-0.25, -0.2) is 4.39 Å². The quantitative estimate of drug-likeness (QED) is 0.481. The topological polar surface area (TPSA) is 20.3 Å². The second-order valence-corrected chi connectivity index (χ2v) is 5.31. The van der Waals surface area contributed by atoms with Crippen LogP contribution in [0.5, 0.6) is 0 Å². The van der Waals surface area contributed by atoms with Crippen LogP contribution in [0.15, 0.2) is 41.8 Å². The Morgan fingerprint density at radius 2 is 2.28 bits per heavy atom. The number of rotatable bonds is 3. The van der Waals surface area contributed by atoms with Crippen LogP contribution in [0.1, 0.15) is 5.56 Å². The Morgan fingerprint density at radius 1 is 1.50 bits per heavy atom. The third-order valence-electron chi connectivity index (χ3n) is 2.33. The van der Waals surface area contributed by atoms with E-state index in [1.807, 2.05) is 0 Å². The van der Waals surface area contributed by atoms with Crippen molar-refractivity contribution in [3.05, 3.63) is 53.2 Å². The van der Waals surface area contributed by atoms with E-state index in [0.29, 0.717) is 21.3 Å². The van der Waals surface area contributed by atoms with E-state index in [1.165, 1.54) is 28.8 Å². The molecule has 92 valence electrons. The zero-order valence-corrected chi connectivity index (χ0v) is 11.1. The summed E-state index contributed by atoms with van der Waals surface area (Å²) in [5, 5.41) is 0. The summed E-state index contributed by atoms with van der Waals surface area (Å²) in [6, 6.07) is 6.08. The van der Waals surface area contributed by atoms with Crippen molar-refractivity contribution >= 4 is 40.3 Å². The molecule has 0 saturated carbocycles. The Balaban J connectivity index is 2.27. The lowest BCUT2D eigenvalue weighted by molar-refractivity contribution is -0.121. The molecule has 1 aliphatic rings. The Hall–Kier alpha value is -1.46. The molecule has 0 atom stereocenters. The third-order valence-corrected chi connectivity index (χ3v) is 3.71. The lowest BCUT2D eigenvalue weighted by Crippen LogP contribution is -2.27. The maximum absolute atomic E-state index is 13.0. The number of benzene rings is 1. The molecule has 1 saturated heterocycles. The molecule has 0 radical (unpaired) electrons. The average molecular weight is 279 g/mol. The van der Waals surface area contributed by atoms with Gasteiger partial charge in [0, 0.05) is 6.54 Å². The van der Waals surface area contributed by atoms with Crippen LogP contribution >= 0.6 is 24.0 Å². The summed E-state index contributed by atoms with van der Waals surface area (Å²) in [6.45, 7) is 3.98. The molecule has 0 spiro atoms. The first-order chi connectivity index (χ1) is 8.61. The number of halogens is 1. The standard InChI is InChI=1S/C13H10FNOS2/c1-2-6-15-12(16)11(18-13(15)17)8-9-4-3-5-10(14)7-9/h2-5,7-8H,1,6H2/b11-8+. The summed E-state index contributed by atoms with van der Waals surface area (Å²) >= 11 is 6.33. The lowest BCUT2D eigenvalue weighted by Gasteiger charge is -2.10. The first kappa shape index (κ1) is 13.0. The number of hydrogen-bond acceptors (Lipinski definition) is 3. The minimum atomic E-state index is -0.328. The van der Waals surface area contributed by atoms with Gasteiger partial charge in [0.05, 0.1) is 4.91 Å². The zero-order valence-electron chi connectivity index (χ0n) is 9.43. The van der Waals surface area contributed by atoms with Gasteiger partial charge in [0.25, 0.3) is 5.91 Å². The highest BCUT2D eigenvalue weighted by Gasteiger charge is 2.30. The van der Waals surface area contributed by atoms with Gasteiger partial charge in [-0.15, -0.1) is 6.58 Å². The molecule has 2 nitrogen and oxygen atoms in total. The number of carbonyl (C=O) groups excluding carboxylic acids is 1. The first-order valence-corrected chi connectivity index (χ1v) is 6.46. The van der Waals surface area contributed by atoms with Gasteiger partial charge >= 0.3 is 0 Å². The predicted molar refractivity (Wildman–Crippen MR) is 76.5 cm³/mol. The molecule has 0 aliphatic carbocycles. The highest BCUT2D eigenvalue weighted by Crippen LogP contribution is 2.32. The third kappa shape index (κ3) is 2.68. The van der Waals surface area contributed by atoms with Gasteiger partial charge in [-0.05, 0) is 23.8 Å². The molecule has 2 rings (SSSR count). The molecule has 0 unspecified atom stereocenters. The first-order valence-electron chi connectivity index (χ1n) is 5.23. The second-order valence-electron chi connectivity index (χ2n) is 3.64. The summed E-state index contributed by atoms with van der Waals surface area (Å²) in [5.74, 6) is -0.487. The van der Waals surface area contributed by atoms with Crippen molar-refractivity contribution in [1.82, 2.24) is 4.90 Å². The predicted octanol–water partition coefficient (Wildman–Crippen LogP) is 3.21. The minimum absolute atomic E-state index is 0.158. The molecule has 1 fully saturated rings. The lowest BCUT2D eigenvalue weighted by atomic mass is 10.2. The molecule has 18 heavy (non-hydrogen) atoms.